The molecule has 3 atom stereocenters. The molecule has 2 N–H and O–H groups in total. The lowest BCUT2D eigenvalue weighted by Crippen LogP contribution is -2.24. The molecule has 0 aliphatic heterocycles. The van der Waals surface area contributed by atoms with E-state index in [1.54, 1.807) is 12.1 Å². The van der Waals surface area contributed by atoms with E-state index in [2.05, 4.69) is 22.9 Å². The maximum absolute atomic E-state index is 13.9. The quantitative estimate of drug-likeness (QED) is 0.873. The molecule has 0 saturated heterocycles. The van der Waals surface area contributed by atoms with Crippen LogP contribution in [0.25, 0.3) is 0 Å². The first-order valence-corrected chi connectivity index (χ1v) is 6.60. The third kappa shape index (κ3) is 2.16. The van der Waals surface area contributed by atoms with Crippen molar-refractivity contribution in [2.45, 2.75) is 32.2 Å². The first-order chi connectivity index (χ1) is 7.61. The predicted molar refractivity (Wildman–Crippen MR) is 67.5 cm³/mol. The van der Waals surface area contributed by atoms with Crippen LogP contribution in [0, 0.1) is 17.7 Å². The molecule has 1 aliphatic rings. The van der Waals surface area contributed by atoms with Gasteiger partial charge in [0.15, 0.2) is 0 Å². The minimum absolute atomic E-state index is 0.171. The van der Waals surface area contributed by atoms with Gasteiger partial charge < -0.3 is 5.73 Å². The topological polar surface area (TPSA) is 26.0 Å². The van der Waals surface area contributed by atoms with Gasteiger partial charge in [0.2, 0.25) is 0 Å². The SMILES string of the molecule is CC1CCCC1C(N)c1cccc(Br)c1F. The Kier molecular flexibility index (Phi) is 3.65. The molecule has 0 heterocycles. The van der Waals surface area contributed by atoms with Crippen molar-refractivity contribution in [2.75, 3.05) is 0 Å². The molecule has 3 heteroatoms. The van der Waals surface area contributed by atoms with Gasteiger partial charge in [-0.05, 0) is 40.3 Å². The van der Waals surface area contributed by atoms with Crippen LogP contribution in [0.2, 0.25) is 0 Å². The zero-order chi connectivity index (χ0) is 11.7. The van der Waals surface area contributed by atoms with Crippen LogP contribution in [0.3, 0.4) is 0 Å². The average molecular weight is 286 g/mol. The summed E-state index contributed by atoms with van der Waals surface area (Å²) >= 11 is 3.21. The molecule has 1 aliphatic carbocycles. The van der Waals surface area contributed by atoms with Crippen LogP contribution in [0.5, 0.6) is 0 Å². The molecule has 88 valence electrons. The third-order valence-corrected chi connectivity index (χ3v) is 4.34. The Balaban J connectivity index is 2.26. The van der Waals surface area contributed by atoms with E-state index in [9.17, 15) is 4.39 Å². The van der Waals surface area contributed by atoms with Crippen molar-refractivity contribution >= 4 is 15.9 Å². The Bertz CT molecular complexity index is 380. The molecule has 0 amide bonds. The summed E-state index contributed by atoms with van der Waals surface area (Å²) in [5.74, 6) is 0.825. The standard InChI is InChI=1S/C13H17BrFN/c1-8-4-2-5-9(8)13(16)10-6-3-7-11(14)12(10)15/h3,6-9,13H,2,4-5,16H2,1H3. The first-order valence-electron chi connectivity index (χ1n) is 5.80. The number of halogens is 2. The summed E-state index contributed by atoms with van der Waals surface area (Å²) in [6.07, 6.45) is 3.55. The predicted octanol–water partition coefficient (Wildman–Crippen LogP) is 4.02. The van der Waals surface area contributed by atoms with E-state index >= 15 is 0 Å². The van der Waals surface area contributed by atoms with E-state index in [1.807, 2.05) is 6.07 Å². The van der Waals surface area contributed by atoms with Gasteiger partial charge in [-0.3, -0.25) is 0 Å². The molecule has 1 fully saturated rings. The molecule has 1 nitrogen and oxygen atoms in total. The van der Waals surface area contributed by atoms with Crippen LogP contribution in [0.1, 0.15) is 37.8 Å². The van der Waals surface area contributed by atoms with Crippen molar-refractivity contribution in [1.29, 1.82) is 0 Å². The second-order valence-electron chi connectivity index (χ2n) is 4.74. The van der Waals surface area contributed by atoms with Crippen LogP contribution >= 0.6 is 15.9 Å². The van der Waals surface area contributed by atoms with Crippen LogP contribution in [-0.2, 0) is 0 Å². The fraction of sp³-hybridized carbons (Fsp3) is 0.538. The molecule has 0 radical (unpaired) electrons. The van der Waals surface area contributed by atoms with Gasteiger partial charge in [-0.15, -0.1) is 0 Å². The second-order valence-corrected chi connectivity index (χ2v) is 5.60. The van der Waals surface area contributed by atoms with Crippen molar-refractivity contribution in [3.05, 3.63) is 34.1 Å². The van der Waals surface area contributed by atoms with E-state index in [-0.39, 0.29) is 11.9 Å². The lowest BCUT2D eigenvalue weighted by atomic mass is 9.86. The fourth-order valence-electron chi connectivity index (χ4n) is 2.72. The van der Waals surface area contributed by atoms with Crippen LogP contribution < -0.4 is 5.73 Å². The molecule has 3 unspecified atom stereocenters. The zero-order valence-corrected chi connectivity index (χ0v) is 11.0. The van der Waals surface area contributed by atoms with Gasteiger partial charge in [0.25, 0.3) is 0 Å². The molecular formula is C13H17BrFN. The highest BCUT2D eigenvalue weighted by atomic mass is 79.9. The van der Waals surface area contributed by atoms with E-state index in [1.165, 1.54) is 12.8 Å². The second kappa shape index (κ2) is 4.84. The molecule has 0 spiro atoms. The molecular weight excluding hydrogens is 269 g/mol. The summed E-state index contributed by atoms with van der Waals surface area (Å²) in [5.41, 5.74) is 6.85. The summed E-state index contributed by atoms with van der Waals surface area (Å²) in [6.45, 7) is 2.22. The highest BCUT2D eigenvalue weighted by molar-refractivity contribution is 9.10. The Hall–Kier alpha value is -0.410. The van der Waals surface area contributed by atoms with Crippen molar-refractivity contribution in [2.24, 2.45) is 17.6 Å². The Labute approximate surface area is 104 Å². The highest BCUT2D eigenvalue weighted by Gasteiger charge is 2.31. The molecule has 16 heavy (non-hydrogen) atoms. The van der Waals surface area contributed by atoms with Crippen LogP contribution in [0.4, 0.5) is 4.39 Å². The van der Waals surface area contributed by atoms with Crippen molar-refractivity contribution < 1.29 is 4.39 Å². The van der Waals surface area contributed by atoms with Crippen molar-refractivity contribution in [3.63, 3.8) is 0 Å². The monoisotopic (exact) mass is 285 g/mol. The van der Waals surface area contributed by atoms with E-state index in [0.717, 1.165) is 6.42 Å². The normalized spacial score (nSPS) is 27.0. The molecule has 0 aromatic heterocycles. The number of rotatable bonds is 2. The van der Waals surface area contributed by atoms with Gasteiger partial charge in [-0.1, -0.05) is 31.9 Å². The highest BCUT2D eigenvalue weighted by Crippen LogP contribution is 2.40. The summed E-state index contributed by atoms with van der Waals surface area (Å²) in [6, 6.07) is 5.19. The lowest BCUT2D eigenvalue weighted by Gasteiger charge is -2.24. The minimum atomic E-state index is -0.200. The first kappa shape index (κ1) is 12.1. The fourth-order valence-corrected chi connectivity index (χ4v) is 3.10. The van der Waals surface area contributed by atoms with Gasteiger partial charge in [0, 0.05) is 11.6 Å². The number of hydrogen-bond donors (Lipinski definition) is 1. The number of hydrogen-bond acceptors (Lipinski definition) is 1. The van der Waals surface area contributed by atoms with E-state index < -0.39 is 0 Å². The van der Waals surface area contributed by atoms with Gasteiger partial charge in [-0.25, -0.2) is 4.39 Å². The van der Waals surface area contributed by atoms with Crippen molar-refractivity contribution in [3.8, 4) is 0 Å². The van der Waals surface area contributed by atoms with Crippen molar-refractivity contribution in [1.82, 2.24) is 0 Å². The third-order valence-electron chi connectivity index (χ3n) is 3.73. The van der Waals surface area contributed by atoms with E-state index in [4.69, 9.17) is 5.73 Å². The summed E-state index contributed by atoms with van der Waals surface area (Å²) in [5, 5.41) is 0. The lowest BCUT2D eigenvalue weighted by molar-refractivity contribution is 0.343. The summed E-state index contributed by atoms with van der Waals surface area (Å²) in [4.78, 5) is 0. The molecule has 1 aromatic carbocycles. The van der Waals surface area contributed by atoms with Crippen LogP contribution in [-0.4, -0.2) is 0 Å². The largest absolute Gasteiger partial charge is 0.324 e. The Morgan fingerprint density at radius 1 is 1.44 bits per heavy atom. The smallest absolute Gasteiger partial charge is 0.142 e. The number of nitrogens with two attached hydrogens (primary N) is 1. The molecule has 1 aromatic rings. The van der Waals surface area contributed by atoms with E-state index in [0.29, 0.717) is 21.9 Å². The maximum Gasteiger partial charge on any atom is 0.142 e. The zero-order valence-electron chi connectivity index (χ0n) is 9.42. The Morgan fingerprint density at radius 2 is 2.19 bits per heavy atom. The summed E-state index contributed by atoms with van der Waals surface area (Å²) in [7, 11) is 0. The molecule has 2 rings (SSSR count). The summed E-state index contributed by atoms with van der Waals surface area (Å²) < 4.78 is 14.4. The molecule has 1 saturated carbocycles. The van der Waals surface area contributed by atoms with Gasteiger partial charge in [-0.2, -0.15) is 0 Å². The van der Waals surface area contributed by atoms with Gasteiger partial charge >= 0.3 is 0 Å². The average Bonchev–Trinajstić information content (AvgIpc) is 2.68. The number of benzene rings is 1. The van der Waals surface area contributed by atoms with Crippen LogP contribution in [0.15, 0.2) is 22.7 Å². The Morgan fingerprint density at radius 3 is 2.81 bits per heavy atom. The van der Waals surface area contributed by atoms with Gasteiger partial charge in [0.1, 0.15) is 5.82 Å². The van der Waals surface area contributed by atoms with Gasteiger partial charge in [0.05, 0.1) is 4.47 Å². The molecule has 0 bridgehead atoms. The maximum atomic E-state index is 13.9. The minimum Gasteiger partial charge on any atom is -0.324 e.